The van der Waals surface area contributed by atoms with Crippen molar-refractivity contribution in [3.05, 3.63) is 30.3 Å². The summed E-state index contributed by atoms with van der Waals surface area (Å²) in [5.41, 5.74) is 5.86. The Morgan fingerprint density at radius 3 is 2.59 bits per heavy atom. The first-order valence-electron chi connectivity index (χ1n) is 10.7. The van der Waals surface area contributed by atoms with Crippen LogP contribution in [0.1, 0.15) is 38.5 Å². The highest BCUT2D eigenvalue weighted by atomic mass is 32.2. The van der Waals surface area contributed by atoms with Crippen molar-refractivity contribution in [3.8, 4) is 0 Å². The van der Waals surface area contributed by atoms with Crippen LogP contribution in [0.3, 0.4) is 0 Å². The predicted molar refractivity (Wildman–Crippen MR) is 120 cm³/mol. The Balaban J connectivity index is 1.77. The minimum atomic E-state index is -3.86. The Bertz CT molecular complexity index is 968. The van der Waals surface area contributed by atoms with Gasteiger partial charge in [0.15, 0.2) is 0 Å². The Hall–Kier alpha value is -2.63. The topological polar surface area (TPSA) is 149 Å². The highest BCUT2D eigenvalue weighted by Crippen LogP contribution is 2.29. The third kappa shape index (κ3) is 5.59. The van der Waals surface area contributed by atoms with E-state index in [9.17, 15) is 18.0 Å². The van der Waals surface area contributed by atoms with Crippen LogP contribution >= 0.6 is 0 Å². The SMILES string of the molecule is C=NC(=O)CC1CCN(N2CCCCC(NS(=O)(=O)c3ccccc3)C2=O)C(C(=N)N)C1. The van der Waals surface area contributed by atoms with E-state index < -0.39 is 22.1 Å². The molecule has 0 saturated carbocycles. The van der Waals surface area contributed by atoms with Gasteiger partial charge in [-0.25, -0.2) is 18.4 Å². The molecule has 3 atom stereocenters. The average Bonchev–Trinajstić information content (AvgIpc) is 2.95. The fourth-order valence-corrected chi connectivity index (χ4v) is 5.59. The number of nitrogens with two attached hydrogens (primary N) is 1. The Kier molecular flexibility index (Phi) is 7.75. The molecule has 174 valence electrons. The highest BCUT2D eigenvalue weighted by molar-refractivity contribution is 7.89. The van der Waals surface area contributed by atoms with E-state index in [2.05, 4.69) is 16.4 Å². The molecule has 0 bridgehead atoms. The van der Waals surface area contributed by atoms with Gasteiger partial charge in [0.25, 0.3) is 5.91 Å². The van der Waals surface area contributed by atoms with Crippen LogP contribution < -0.4 is 10.5 Å². The van der Waals surface area contributed by atoms with E-state index in [1.165, 1.54) is 12.1 Å². The number of benzene rings is 1. The monoisotopic (exact) mass is 462 g/mol. The standard InChI is InChI=1S/C21H30N6O4S/c1-24-19(28)14-15-10-12-26(18(13-15)20(22)23)27-11-6-5-9-17(21(27)29)25-32(30,31)16-7-3-2-4-8-16/h2-4,7-8,15,17-18,25H,1,5-6,9-14H2,(H3,22,23). The maximum atomic E-state index is 13.4. The average molecular weight is 463 g/mol. The Labute approximate surface area is 188 Å². The number of amides is 2. The molecule has 0 radical (unpaired) electrons. The fraction of sp³-hybridized carbons (Fsp3) is 0.524. The van der Waals surface area contributed by atoms with Gasteiger partial charge < -0.3 is 5.73 Å². The Morgan fingerprint density at radius 2 is 1.94 bits per heavy atom. The molecule has 1 aromatic carbocycles. The lowest BCUT2D eigenvalue weighted by molar-refractivity contribution is -0.156. The molecule has 10 nitrogen and oxygen atoms in total. The molecule has 4 N–H and O–H groups in total. The van der Waals surface area contributed by atoms with E-state index in [0.29, 0.717) is 45.2 Å². The van der Waals surface area contributed by atoms with Gasteiger partial charge in [0.1, 0.15) is 11.9 Å². The first kappa shape index (κ1) is 24.0. The van der Waals surface area contributed by atoms with Crippen molar-refractivity contribution in [3.63, 3.8) is 0 Å². The number of nitrogens with one attached hydrogen (secondary N) is 2. The van der Waals surface area contributed by atoms with Crippen LogP contribution in [0.5, 0.6) is 0 Å². The minimum absolute atomic E-state index is 0.00684. The number of amidine groups is 1. The summed E-state index contributed by atoms with van der Waals surface area (Å²) >= 11 is 0. The Morgan fingerprint density at radius 1 is 1.22 bits per heavy atom. The number of hydrazine groups is 1. The third-order valence-electron chi connectivity index (χ3n) is 6.01. The van der Waals surface area contributed by atoms with Gasteiger partial charge in [-0.2, -0.15) is 4.72 Å². The lowest BCUT2D eigenvalue weighted by atomic mass is 9.88. The van der Waals surface area contributed by atoms with Gasteiger partial charge >= 0.3 is 0 Å². The van der Waals surface area contributed by atoms with Gasteiger partial charge in [0.2, 0.25) is 15.9 Å². The summed E-state index contributed by atoms with van der Waals surface area (Å²) < 4.78 is 28.1. The molecule has 3 rings (SSSR count). The summed E-state index contributed by atoms with van der Waals surface area (Å²) in [6, 6.07) is 6.50. The molecular formula is C21H30N6O4S. The summed E-state index contributed by atoms with van der Waals surface area (Å²) in [4.78, 5) is 28.6. The molecular weight excluding hydrogens is 432 g/mol. The largest absolute Gasteiger partial charge is 0.386 e. The van der Waals surface area contributed by atoms with Crippen molar-refractivity contribution in [2.45, 2.75) is 55.5 Å². The molecule has 0 aromatic heterocycles. The number of hydrogen-bond acceptors (Lipinski definition) is 6. The predicted octanol–water partition coefficient (Wildman–Crippen LogP) is 0.895. The quantitative estimate of drug-likeness (QED) is 0.405. The number of aliphatic imine (C=N–C) groups is 1. The van der Waals surface area contributed by atoms with E-state index in [-0.39, 0.29) is 34.9 Å². The van der Waals surface area contributed by atoms with E-state index in [1.807, 2.05) is 0 Å². The van der Waals surface area contributed by atoms with Crippen LogP contribution in [0, 0.1) is 11.3 Å². The van der Waals surface area contributed by atoms with Crippen molar-refractivity contribution in [1.82, 2.24) is 14.7 Å². The van der Waals surface area contributed by atoms with Gasteiger partial charge in [-0.05, 0) is 56.9 Å². The zero-order chi connectivity index (χ0) is 23.3. The van der Waals surface area contributed by atoms with Crippen LogP contribution in [0.4, 0.5) is 0 Å². The van der Waals surface area contributed by atoms with E-state index in [1.54, 1.807) is 28.2 Å². The highest BCUT2D eigenvalue weighted by Gasteiger charge is 2.40. The smallest absolute Gasteiger partial charge is 0.255 e. The number of rotatable bonds is 7. The van der Waals surface area contributed by atoms with Crippen molar-refractivity contribution in [2.24, 2.45) is 16.6 Å². The summed E-state index contributed by atoms with van der Waals surface area (Å²) in [5.74, 6) is -0.748. The second kappa shape index (κ2) is 10.3. The molecule has 2 aliphatic rings. The molecule has 0 spiro atoms. The maximum absolute atomic E-state index is 13.4. The molecule has 3 unspecified atom stereocenters. The first-order chi connectivity index (χ1) is 15.2. The van der Waals surface area contributed by atoms with Crippen molar-refractivity contribution in [2.75, 3.05) is 13.1 Å². The molecule has 0 aliphatic carbocycles. The molecule has 1 aromatic rings. The zero-order valence-corrected chi connectivity index (χ0v) is 18.8. The fourth-order valence-electron chi connectivity index (χ4n) is 4.34. The molecule has 11 heteroatoms. The van der Waals surface area contributed by atoms with Crippen molar-refractivity contribution in [1.29, 1.82) is 5.41 Å². The number of hydrogen-bond donors (Lipinski definition) is 3. The second-order valence-electron chi connectivity index (χ2n) is 8.22. The van der Waals surface area contributed by atoms with Crippen LogP contribution in [0.25, 0.3) is 0 Å². The summed E-state index contributed by atoms with van der Waals surface area (Å²) in [7, 11) is -3.86. The number of carbonyl (C=O) groups is 2. The van der Waals surface area contributed by atoms with E-state index in [4.69, 9.17) is 11.1 Å². The van der Waals surface area contributed by atoms with Gasteiger partial charge in [0, 0.05) is 19.5 Å². The third-order valence-corrected chi connectivity index (χ3v) is 7.50. The van der Waals surface area contributed by atoms with Crippen molar-refractivity contribution >= 4 is 34.4 Å². The first-order valence-corrected chi connectivity index (χ1v) is 12.2. The maximum Gasteiger partial charge on any atom is 0.255 e. The molecule has 2 fully saturated rings. The van der Waals surface area contributed by atoms with Crippen molar-refractivity contribution < 1.29 is 18.0 Å². The second-order valence-corrected chi connectivity index (χ2v) is 9.94. The lowest BCUT2D eigenvalue weighted by Crippen LogP contribution is -2.61. The molecule has 2 saturated heterocycles. The summed E-state index contributed by atoms with van der Waals surface area (Å²) in [6.45, 7) is 4.12. The van der Waals surface area contributed by atoms with E-state index in [0.717, 1.165) is 0 Å². The van der Waals surface area contributed by atoms with Gasteiger partial charge in [0.05, 0.1) is 10.9 Å². The summed E-state index contributed by atoms with van der Waals surface area (Å²) in [5, 5.41) is 11.4. The normalized spacial score (nSPS) is 25.2. The number of carbonyl (C=O) groups excluding carboxylic acids is 2. The lowest BCUT2D eigenvalue weighted by Gasteiger charge is -2.45. The van der Waals surface area contributed by atoms with Crippen LogP contribution in [0.15, 0.2) is 40.2 Å². The summed E-state index contributed by atoms with van der Waals surface area (Å²) in [6.07, 6.45) is 3.09. The number of nitrogens with zero attached hydrogens (tertiary/aromatic N) is 3. The number of sulfonamides is 1. The van der Waals surface area contributed by atoms with Gasteiger partial charge in [-0.1, -0.05) is 18.2 Å². The molecule has 2 heterocycles. The minimum Gasteiger partial charge on any atom is -0.386 e. The van der Waals surface area contributed by atoms with Crippen LogP contribution in [-0.2, 0) is 19.6 Å². The van der Waals surface area contributed by atoms with Crippen LogP contribution in [0.2, 0.25) is 0 Å². The number of piperidine rings is 1. The van der Waals surface area contributed by atoms with E-state index >= 15 is 0 Å². The van der Waals surface area contributed by atoms with Gasteiger partial charge in [-0.15, -0.1) is 0 Å². The zero-order valence-electron chi connectivity index (χ0n) is 17.9. The molecule has 32 heavy (non-hydrogen) atoms. The van der Waals surface area contributed by atoms with Crippen LogP contribution in [-0.4, -0.2) is 68.0 Å². The van der Waals surface area contributed by atoms with Gasteiger partial charge in [-0.3, -0.25) is 20.0 Å². The molecule has 2 aliphatic heterocycles. The molecule has 2 amide bonds.